The lowest BCUT2D eigenvalue weighted by Gasteiger charge is -2.04. The van der Waals surface area contributed by atoms with Crippen molar-refractivity contribution in [1.29, 1.82) is 5.41 Å². The summed E-state index contributed by atoms with van der Waals surface area (Å²) in [6.45, 7) is 0. The van der Waals surface area contributed by atoms with E-state index in [0.717, 1.165) is 16.6 Å². The summed E-state index contributed by atoms with van der Waals surface area (Å²) in [5, 5.41) is 9.34. The molecule has 3 aromatic heterocycles. The molecule has 1 aromatic carbocycles. The molecule has 96 valence electrons. The Kier molecular flexibility index (Phi) is 2.23. The summed E-state index contributed by atoms with van der Waals surface area (Å²) in [4.78, 5) is 4.38. The fraction of sp³-hybridized carbons (Fsp3) is 0. The molecule has 4 nitrogen and oxygen atoms in total. The molecule has 0 radical (unpaired) electrons. The van der Waals surface area contributed by atoms with E-state index in [9.17, 15) is 0 Å². The average Bonchev–Trinajstić information content (AvgIpc) is 2.94. The minimum Gasteiger partial charge on any atom is -0.454 e. The van der Waals surface area contributed by atoms with Crippen molar-refractivity contribution < 1.29 is 4.42 Å². The molecule has 1 N–H and O–H groups in total. The predicted molar refractivity (Wildman–Crippen MR) is 76.3 cm³/mol. The van der Waals surface area contributed by atoms with Crippen molar-refractivity contribution in [3.8, 4) is 11.5 Å². The molecular weight excluding hydrogens is 250 g/mol. The van der Waals surface area contributed by atoms with Crippen LogP contribution in [0.5, 0.6) is 0 Å². The third-order valence-electron chi connectivity index (χ3n) is 3.34. The fourth-order valence-corrected chi connectivity index (χ4v) is 2.33. The van der Waals surface area contributed by atoms with E-state index in [1.165, 1.54) is 0 Å². The van der Waals surface area contributed by atoms with E-state index < -0.39 is 0 Å². The van der Waals surface area contributed by atoms with Gasteiger partial charge in [0.2, 0.25) is 0 Å². The van der Waals surface area contributed by atoms with E-state index in [-0.39, 0.29) is 0 Å². The number of rotatable bonds is 1. The first-order chi connectivity index (χ1) is 9.81. The van der Waals surface area contributed by atoms with Gasteiger partial charge in [-0.15, -0.1) is 0 Å². The maximum atomic E-state index is 8.09. The molecule has 0 unspecified atom stereocenters. The molecule has 0 aliphatic heterocycles. The van der Waals surface area contributed by atoms with Crippen LogP contribution in [0, 0.1) is 5.41 Å². The van der Waals surface area contributed by atoms with Gasteiger partial charge in [0.25, 0.3) is 0 Å². The van der Waals surface area contributed by atoms with Gasteiger partial charge in [-0.2, -0.15) is 0 Å². The highest BCUT2D eigenvalue weighted by molar-refractivity contribution is 5.78. The Morgan fingerprint density at radius 2 is 1.95 bits per heavy atom. The lowest BCUT2D eigenvalue weighted by atomic mass is 10.2. The SMILES string of the molecule is N=c1cc(-c2cc3cccn3cn2)oc2ccccc12. The van der Waals surface area contributed by atoms with E-state index in [4.69, 9.17) is 9.83 Å². The molecule has 0 saturated carbocycles. The molecule has 0 bridgehead atoms. The summed E-state index contributed by atoms with van der Waals surface area (Å²) < 4.78 is 7.80. The Hall–Kier alpha value is -2.88. The van der Waals surface area contributed by atoms with Crippen LogP contribution in [-0.2, 0) is 0 Å². The van der Waals surface area contributed by atoms with Crippen molar-refractivity contribution in [2.75, 3.05) is 0 Å². The van der Waals surface area contributed by atoms with Crippen LogP contribution >= 0.6 is 0 Å². The highest BCUT2D eigenvalue weighted by Gasteiger charge is 2.06. The lowest BCUT2D eigenvalue weighted by molar-refractivity contribution is 0.615. The Morgan fingerprint density at radius 3 is 2.90 bits per heavy atom. The van der Waals surface area contributed by atoms with Crippen molar-refractivity contribution in [3.63, 3.8) is 0 Å². The van der Waals surface area contributed by atoms with Crippen molar-refractivity contribution >= 4 is 16.5 Å². The number of hydrogen-bond donors (Lipinski definition) is 1. The molecule has 4 aromatic rings. The number of nitrogens with zero attached hydrogens (tertiary/aromatic N) is 2. The van der Waals surface area contributed by atoms with Crippen molar-refractivity contribution in [2.24, 2.45) is 0 Å². The first-order valence-corrected chi connectivity index (χ1v) is 6.32. The zero-order valence-corrected chi connectivity index (χ0v) is 10.6. The van der Waals surface area contributed by atoms with Gasteiger partial charge < -0.3 is 8.82 Å². The summed E-state index contributed by atoms with van der Waals surface area (Å²) in [5.41, 5.74) is 2.48. The molecule has 0 aliphatic carbocycles. The van der Waals surface area contributed by atoms with E-state index in [1.54, 1.807) is 12.4 Å². The van der Waals surface area contributed by atoms with Gasteiger partial charge in [0.05, 0.1) is 11.7 Å². The summed E-state index contributed by atoms with van der Waals surface area (Å²) in [7, 11) is 0. The molecule has 20 heavy (non-hydrogen) atoms. The van der Waals surface area contributed by atoms with Gasteiger partial charge in [-0.25, -0.2) is 4.98 Å². The number of benzene rings is 1. The average molecular weight is 261 g/mol. The zero-order chi connectivity index (χ0) is 13.5. The normalized spacial score (nSPS) is 11.2. The van der Waals surface area contributed by atoms with Gasteiger partial charge in [0, 0.05) is 23.2 Å². The molecular formula is C16H11N3O. The zero-order valence-electron chi connectivity index (χ0n) is 10.6. The Labute approximate surface area is 114 Å². The van der Waals surface area contributed by atoms with Crippen molar-refractivity contribution in [1.82, 2.24) is 9.38 Å². The third kappa shape index (κ3) is 1.62. The predicted octanol–water partition coefficient (Wildman–Crippen LogP) is 3.23. The van der Waals surface area contributed by atoms with Crippen LogP contribution in [0.2, 0.25) is 0 Å². The number of nitrogens with one attached hydrogen (secondary N) is 1. The topological polar surface area (TPSA) is 54.3 Å². The summed E-state index contributed by atoms with van der Waals surface area (Å²) in [6, 6.07) is 15.2. The third-order valence-corrected chi connectivity index (χ3v) is 3.34. The minimum atomic E-state index is 0.443. The minimum absolute atomic E-state index is 0.443. The van der Waals surface area contributed by atoms with E-state index in [2.05, 4.69) is 4.98 Å². The second-order valence-electron chi connectivity index (χ2n) is 4.63. The van der Waals surface area contributed by atoms with Gasteiger partial charge in [0.15, 0.2) is 5.76 Å². The highest BCUT2D eigenvalue weighted by Crippen LogP contribution is 2.21. The van der Waals surface area contributed by atoms with Gasteiger partial charge in [-0.1, -0.05) is 12.1 Å². The number of aromatic nitrogens is 2. The molecule has 0 aliphatic rings. The smallest absolute Gasteiger partial charge is 0.155 e. The van der Waals surface area contributed by atoms with Crippen molar-refractivity contribution in [3.05, 3.63) is 66.4 Å². The Morgan fingerprint density at radius 1 is 1.05 bits per heavy atom. The molecule has 4 heteroatoms. The monoisotopic (exact) mass is 261 g/mol. The van der Waals surface area contributed by atoms with Crippen LogP contribution in [0.1, 0.15) is 0 Å². The van der Waals surface area contributed by atoms with Gasteiger partial charge in [-0.3, -0.25) is 5.41 Å². The van der Waals surface area contributed by atoms with Crippen LogP contribution in [0.15, 0.2) is 65.5 Å². The van der Waals surface area contributed by atoms with Crippen LogP contribution in [0.4, 0.5) is 0 Å². The standard InChI is InChI=1S/C16H11N3O/c17-13-9-16(20-15-6-2-1-5-12(13)15)14-8-11-4-3-7-19(11)10-18-14/h1-10,17H. The van der Waals surface area contributed by atoms with E-state index in [0.29, 0.717) is 16.7 Å². The molecule has 4 rings (SSSR count). The maximum absolute atomic E-state index is 8.09. The van der Waals surface area contributed by atoms with E-state index in [1.807, 2.05) is 53.1 Å². The molecule has 0 spiro atoms. The largest absolute Gasteiger partial charge is 0.454 e. The Balaban J connectivity index is 1.99. The van der Waals surface area contributed by atoms with Gasteiger partial charge in [0.1, 0.15) is 11.3 Å². The quantitative estimate of drug-likeness (QED) is 0.572. The van der Waals surface area contributed by atoms with Gasteiger partial charge in [-0.05, 0) is 30.3 Å². The van der Waals surface area contributed by atoms with E-state index >= 15 is 0 Å². The van der Waals surface area contributed by atoms with Crippen LogP contribution < -0.4 is 5.36 Å². The van der Waals surface area contributed by atoms with Crippen molar-refractivity contribution in [2.45, 2.75) is 0 Å². The first-order valence-electron chi connectivity index (χ1n) is 6.32. The molecule has 3 heterocycles. The second-order valence-corrected chi connectivity index (χ2v) is 4.63. The van der Waals surface area contributed by atoms with Gasteiger partial charge >= 0.3 is 0 Å². The molecule has 0 atom stereocenters. The van der Waals surface area contributed by atoms with Crippen LogP contribution in [0.3, 0.4) is 0 Å². The lowest BCUT2D eigenvalue weighted by Crippen LogP contribution is -2.01. The summed E-state index contributed by atoms with van der Waals surface area (Å²) >= 11 is 0. The first kappa shape index (κ1) is 11.0. The van der Waals surface area contributed by atoms with Crippen LogP contribution in [0.25, 0.3) is 27.9 Å². The molecule has 0 amide bonds. The summed E-state index contributed by atoms with van der Waals surface area (Å²) in [5.74, 6) is 0.609. The molecule has 0 fully saturated rings. The highest BCUT2D eigenvalue weighted by atomic mass is 16.3. The molecule has 0 saturated heterocycles. The number of fused-ring (bicyclic) bond motifs is 2. The fourth-order valence-electron chi connectivity index (χ4n) is 2.33. The maximum Gasteiger partial charge on any atom is 0.155 e. The summed E-state index contributed by atoms with van der Waals surface area (Å²) in [6.07, 6.45) is 3.69. The number of para-hydroxylation sites is 1. The number of hydrogen-bond acceptors (Lipinski definition) is 3. The Bertz CT molecular complexity index is 982. The second kappa shape index (κ2) is 4.06. The van der Waals surface area contributed by atoms with Crippen LogP contribution in [-0.4, -0.2) is 9.38 Å².